The third-order valence-electron chi connectivity index (χ3n) is 5.12. The lowest BCUT2D eigenvalue weighted by Crippen LogP contribution is -2.35. The summed E-state index contributed by atoms with van der Waals surface area (Å²) in [4.78, 5) is 0. The second-order valence-electron chi connectivity index (χ2n) is 6.06. The van der Waals surface area contributed by atoms with Crippen LogP contribution in [-0.4, -0.2) is 13.2 Å². The predicted molar refractivity (Wildman–Crippen MR) is 77.1 cm³/mol. The van der Waals surface area contributed by atoms with Crippen molar-refractivity contribution in [1.29, 1.82) is 0 Å². The van der Waals surface area contributed by atoms with E-state index < -0.39 is 0 Å². The van der Waals surface area contributed by atoms with Gasteiger partial charge in [-0.05, 0) is 67.2 Å². The molecule has 1 aromatic carbocycles. The lowest BCUT2D eigenvalue weighted by molar-refractivity contribution is 0.0389. The fourth-order valence-corrected chi connectivity index (χ4v) is 3.21. The summed E-state index contributed by atoms with van der Waals surface area (Å²) in [7, 11) is 0. The van der Waals surface area contributed by atoms with Crippen molar-refractivity contribution in [2.75, 3.05) is 13.2 Å². The number of benzene rings is 1. The molecule has 1 nitrogen and oxygen atoms in total. The zero-order chi connectivity index (χ0) is 14.0. The summed E-state index contributed by atoms with van der Waals surface area (Å²) in [5.41, 5.74) is 3.04. The van der Waals surface area contributed by atoms with Crippen molar-refractivity contribution in [2.45, 2.75) is 52.4 Å². The van der Waals surface area contributed by atoms with Crippen LogP contribution in [-0.2, 0) is 10.2 Å². The summed E-state index contributed by atoms with van der Waals surface area (Å²) >= 11 is 0. The van der Waals surface area contributed by atoms with Crippen LogP contribution >= 0.6 is 0 Å². The van der Waals surface area contributed by atoms with E-state index in [1.807, 2.05) is 13.8 Å². The van der Waals surface area contributed by atoms with Crippen LogP contribution in [0.15, 0.2) is 12.1 Å². The fourth-order valence-electron chi connectivity index (χ4n) is 3.21. The Morgan fingerprint density at radius 2 is 1.89 bits per heavy atom. The largest absolute Gasteiger partial charge is 0.381 e. The van der Waals surface area contributed by atoms with E-state index in [0.717, 1.165) is 49.2 Å². The molecule has 1 saturated heterocycles. The molecule has 0 aliphatic carbocycles. The monoisotopic (exact) mass is 264 g/mol. The summed E-state index contributed by atoms with van der Waals surface area (Å²) < 4.78 is 19.5. The molecule has 0 aromatic heterocycles. The van der Waals surface area contributed by atoms with Crippen LogP contribution in [0.25, 0.3) is 0 Å². The molecule has 1 aliphatic heterocycles. The molecule has 0 N–H and O–H groups in total. The topological polar surface area (TPSA) is 9.23 Å². The van der Waals surface area contributed by atoms with Gasteiger partial charge in [0.15, 0.2) is 0 Å². The molecule has 2 heteroatoms. The van der Waals surface area contributed by atoms with Crippen LogP contribution in [0.1, 0.15) is 49.8 Å². The molecule has 1 fully saturated rings. The number of ether oxygens (including phenoxy) is 1. The van der Waals surface area contributed by atoms with Crippen molar-refractivity contribution in [3.8, 4) is 0 Å². The van der Waals surface area contributed by atoms with Crippen molar-refractivity contribution >= 4 is 0 Å². The summed E-state index contributed by atoms with van der Waals surface area (Å²) in [5.74, 6) is 0.523. The Hall–Kier alpha value is -0.890. The summed E-state index contributed by atoms with van der Waals surface area (Å²) in [6, 6.07) is 3.93. The Bertz CT molecular complexity index is 426. The van der Waals surface area contributed by atoms with Gasteiger partial charge in [-0.15, -0.1) is 0 Å². The minimum atomic E-state index is -0.0678. The molecular weight excluding hydrogens is 239 g/mol. The van der Waals surface area contributed by atoms with E-state index in [2.05, 4.69) is 19.9 Å². The molecular formula is C17H25FO. The summed E-state index contributed by atoms with van der Waals surface area (Å²) in [5, 5.41) is 0. The number of hydrogen-bond acceptors (Lipinski definition) is 1. The number of rotatable bonds is 3. The van der Waals surface area contributed by atoms with Gasteiger partial charge in [-0.25, -0.2) is 4.39 Å². The lowest BCUT2D eigenvalue weighted by atomic mass is 9.67. The molecule has 0 amide bonds. The average Bonchev–Trinajstić information content (AvgIpc) is 2.44. The molecule has 1 heterocycles. The van der Waals surface area contributed by atoms with Crippen molar-refractivity contribution in [1.82, 2.24) is 0 Å². The molecule has 1 atom stereocenters. The van der Waals surface area contributed by atoms with Gasteiger partial charge in [0.1, 0.15) is 5.82 Å². The Morgan fingerprint density at radius 3 is 2.42 bits per heavy atom. The van der Waals surface area contributed by atoms with Gasteiger partial charge in [0.25, 0.3) is 0 Å². The normalized spacial score (nSPS) is 20.3. The number of halogens is 1. The molecule has 0 spiro atoms. The summed E-state index contributed by atoms with van der Waals surface area (Å²) in [6.07, 6.45) is 3.21. The predicted octanol–water partition coefficient (Wildman–Crippen LogP) is 4.54. The molecule has 1 aliphatic rings. The molecule has 0 bridgehead atoms. The van der Waals surface area contributed by atoms with Crippen molar-refractivity contribution in [3.05, 3.63) is 34.6 Å². The molecule has 106 valence electrons. The van der Waals surface area contributed by atoms with Crippen LogP contribution in [0.5, 0.6) is 0 Å². The van der Waals surface area contributed by atoms with E-state index in [1.54, 1.807) is 6.07 Å². The third-order valence-corrected chi connectivity index (χ3v) is 5.12. The molecule has 2 rings (SSSR count). The first-order valence-electron chi connectivity index (χ1n) is 7.34. The van der Waals surface area contributed by atoms with Crippen LogP contribution in [0, 0.1) is 25.6 Å². The molecule has 19 heavy (non-hydrogen) atoms. The first kappa shape index (κ1) is 14.5. The van der Waals surface area contributed by atoms with Crippen LogP contribution in [0.3, 0.4) is 0 Å². The van der Waals surface area contributed by atoms with Crippen molar-refractivity contribution in [3.63, 3.8) is 0 Å². The Balaban J connectivity index is 2.39. The third kappa shape index (κ3) is 2.69. The SMILES string of the molecule is CCC(C)(c1cc(C)c(C)c(F)c1)C1CCOCC1. The maximum Gasteiger partial charge on any atom is 0.126 e. The molecule has 0 saturated carbocycles. The van der Waals surface area contributed by atoms with Gasteiger partial charge in [0, 0.05) is 13.2 Å². The zero-order valence-corrected chi connectivity index (χ0v) is 12.6. The highest BCUT2D eigenvalue weighted by atomic mass is 19.1. The van der Waals surface area contributed by atoms with Gasteiger partial charge in [-0.1, -0.05) is 19.9 Å². The maximum absolute atomic E-state index is 14.0. The van der Waals surface area contributed by atoms with E-state index in [0.29, 0.717) is 5.92 Å². The zero-order valence-electron chi connectivity index (χ0n) is 12.6. The maximum atomic E-state index is 14.0. The van der Waals surface area contributed by atoms with Gasteiger partial charge >= 0.3 is 0 Å². The van der Waals surface area contributed by atoms with E-state index in [9.17, 15) is 4.39 Å². The van der Waals surface area contributed by atoms with E-state index in [4.69, 9.17) is 4.74 Å². The highest BCUT2D eigenvalue weighted by Gasteiger charge is 2.35. The van der Waals surface area contributed by atoms with Crippen LogP contribution < -0.4 is 0 Å². The van der Waals surface area contributed by atoms with Crippen LogP contribution in [0.4, 0.5) is 4.39 Å². The quantitative estimate of drug-likeness (QED) is 0.779. The van der Waals surface area contributed by atoms with Gasteiger partial charge in [-0.3, -0.25) is 0 Å². The lowest BCUT2D eigenvalue weighted by Gasteiger charge is -2.40. The number of aryl methyl sites for hydroxylation is 1. The smallest absolute Gasteiger partial charge is 0.126 e. The first-order chi connectivity index (χ1) is 8.99. The fraction of sp³-hybridized carbons (Fsp3) is 0.647. The second kappa shape index (κ2) is 5.62. The summed E-state index contributed by atoms with van der Waals surface area (Å²) in [6.45, 7) is 10.0. The highest BCUT2D eigenvalue weighted by Crippen LogP contribution is 2.41. The van der Waals surface area contributed by atoms with Gasteiger partial charge < -0.3 is 4.74 Å². The minimum absolute atomic E-state index is 0.0586. The number of hydrogen-bond donors (Lipinski definition) is 0. The van der Waals surface area contributed by atoms with Crippen molar-refractivity contribution < 1.29 is 9.13 Å². The first-order valence-corrected chi connectivity index (χ1v) is 7.34. The molecule has 0 radical (unpaired) electrons. The van der Waals surface area contributed by atoms with Gasteiger partial charge in [0.05, 0.1) is 0 Å². The Morgan fingerprint density at radius 1 is 1.26 bits per heavy atom. The molecule has 1 aromatic rings. The van der Waals surface area contributed by atoms with Gasteiger partial charge in [0.2, 0.25) is 0 Å². The van der Waals surface area contributed by atoms with Gasteiger partial charge in [-0.2, -0.15) is 0 Å². The van der Waals surface area contributed by atoms with Crippen molar-refractivity contribution in [2.24, 2.45) is 5.92 Å². The average molecular weight is 264 g/mol. The molecule has 1 unspecified atom stereocenters. The van der Waals surface area contributed by atoms with E-state index in [-0.39, 0.29) is 11.2 Å². The van der Waals surface area contributed by atoms with E-state index >= 15 is 0 Å². The minimum Gasteiger partial charge on any atom is -0.381 e. The second-order valence-corrected chi connectivity index (χ2v) is 6.06. The van der Waals surface area contributed by atoms with Crippen LogP contribution in [0.2, 0.25) is 0 Å². The Kier molecular flexibility index (Phi) is 4.29. The Labute approximate surface area is 116 Å². The standard InChI is InChI=1S/C17H25FO/c1-5-17(4,14-6-8-19-9-7-14)15-10-12(2)13(3)16(18)11-15/h10-11,14H,5-9H2,1-4H3. The van der Waals surface area contributed by atoms with E-state index in [1.165, 1.54) is 0 Å². The highest BCUT2D eigenvalue weighted by molar-refractivity contribution is 5.36.